The van der Waals surface area contributed by atoms with Gasteiger partial charge in [0.15, 0.2) is 0 Å². The van der Waals surface area contributed by atoms with E-state index in [2.05, 4.69) is 61.6 Å². The molecule has 62 heavy (non-hydrogen) atoms. The topological polar surface area (TPSA) is 147 Å². The first-order valence-electron chi connectivity index (χ1n) is 22.0. The summed E-state index contributed by atoms with van der Waals surface area (Å²) in [4.78, 5) is 36.7. The summed E-state index contributed by atoms with van der Waals surface area (Å²) < 4.78 is 33.9. The van der Waals surface area contributed by atoms with Crippen molar-refractivity contribution in [2.75, 3.05) is 56.2 Å². The van der Waals surface area contributed by atoms with Gasteiger partial charge in [0.2, 0.25) is 0 Å². The normalized spacial score (nSPS) is 24.0. The van der Waals surface area contributed by atoms with Gasteiger partial charge < -0.3 is 15.0 Å². The number of sulfonamides is 1. The Labute approximate surface area is 370 Å². The van der Waals surface area contributed by atoms with Crippen LogP contribution in [0.3, 0.4) is 0 Å². The maximum absolute atomic E-state index is 13.2. The summed E-state index contributed by atoms with van der Waals surface area (Å²) >= 11 is 3.66. The van der Waals surface area contributed by atoms with Gasteiger partial charge in [0, 0.05) is 85.5 Å². The molecule has 0 radical (unpaired) electrons. The Hall–Kier alpha value is -4.67. The van der Waals surface area contributed by atoms with Crippen LogP contribution >= 0.6 is 22.7 Å². The van der Waals surface area contributed by atoms with Crippen molar-refractivity contribution in [1.29, 1.82) is 0 Å². The number of thiazole rings is 1. The molecule has 0 unspecified atom stereocenters. The molecule has 11 rings (SSSR count). The number of nitrogens with zero attached hydrogens (tertiary/aromatic N) is 4. The highest BCUT2D eigenvalue weighted by atomic mass is 32.2. The highest BCUT2D eigenvalue weighted by Crippen LogP contribution is 2.61. The highest BCUT2D eigenvalue weighted by molar-refractivity contribution is 7.90. The van der Waals surface area contributed by atoms with Crippen LogP contribution in [0, 0.1) is 33.8 Å². The fourth-order valence-corrected chi connectivity index (χ4v) is 14.3. The average molecular weight is 893 g/mol. The summed E-state index contributed by atoms with van der Waals surface area (Å²) in [6.07, 6.45) is 10.0. The summed E-state index contributed by atoms with van der Waals surface area (Å²) in [5.41, 5.74) is 5.24. The second-order valence-electron chi connectivity index (χ2n) is 18.2. The first-order valence-corrected chi connectivity index (χ1v) is 25.1. The van der Waals surface area contributed by atoms with Crippen molar-refractivity contribution in [2.24, 2.45) is 23.7 Å². The van der Waals surface area contributed by atoms with Crippen LogP contribution in [0.4, 0.5) is 17.1 Å². The molecule has 4 aliphatic carbocycles. The molecule has 4 bridgehead atoms. The number of amides is 1. The molecule has 5 aromatic rings. The van der Waals surface area contributed by atoms with E-state index in [4.69, 9.17) is 9.72 Å². The number of hydrogen-bond donors (Lipinski definition) is 2. The number of carbonyl (C=O) groups excluding carboxylic acids is 1. The molecule has 2 aromatic heterocycles. The van der Waals surface area contributed by atoms with Gasteiger partial charge in [-0.1, -0.05) is 24.3 Å². The maximum atomic E-state index is 13.2. The van der Waals surface area contributed by atoms with Crippen molar-refractivity contribution >= 4 is 55.7 Å². The van der Waals surface area contributed by atoms with Crippen molar-refractivity contribution in [1.82, 2.24) is 14.6 Å². The van der Waals surface area contributed by atoms with Crippen LogP contribution < -0.4 is 14.9 Å². The van der Waals surface area contributed by atoms with E-state index in [1.54, 1.807) is 12.1 Å². The zero-order valence-corrected chi connectivity index (χ0v) is 37.1. The minimum Gasteiger partial charge on any atom is -0.381 e. The van der Waals surface area contributed by atoms with Gasteiger partial charge >= 0.3 is 0 Å². The summed E-state index contributed by atoms with van der Waals surface area (Å²) in [7, 11) is -4.38. The number of nitro benzene ring substituents is 1. The number of rotatable bonds is 13. The number of piperazine rings is 1. The average Bonchev–Trinajstić information content (AvgIpc) is 3.98. The predicted molar refractivity (Wildman–Crippen MR) is 244 cm³/mol. The van der Waals surface area contributed by atoms with Crippen molar-refractivity contribution in [3.8, 4) is 20.3 Å². The predicted octanol–water partition coefficient (Wildman–Crippen LogP) is 9.19. The molecule has 0 atom stereocenters. The number of benzene rings is 3. The van der Waals surface area contributed by atoms with Gasteiger partial charge in [-0.3, -0.25) is 19.8 Å². The summed E-state index contributed by atoms with van der Waals surface area (Å²) in [5, 5.41) is 18.5. The van der Waals surface area contributed by atoms with Crippen molar-refractivity contribution < 1.29 is 22.9 Å². The number of nitrogens with one attached hydrogen (secondary N) is 2. The Bertz CT molecular complexity index is 2520. The first-order chi connectivity index (χ1) is 30.1. The Balaban J connectivity index is 0.737. The zero-order valence-electron chi connectivity index (χ0n) is 34.7. The Morgan fingerprint density at radius 1 is 0.887 bits per heavy atom. The quantitative estimate of drug-likeness (QED) is 0.0867. The van der Waals surface area contributed by atoms with Crippen molar-refractivity contribution in [3.63, 3.8) is 0 Å². The number of anilines is 2. The van der Waals surface area contributed by atoms with E-state index in [9.17, 15) is 23.3 Å². The van der Waals surface area contributed by atoms with Gasteiger partial charge in [-0.15, -0.1) is 22.7 Å². The monoisotopic (exact) mass is 892 g/mol. The van der Waals surface area contributed by atoms with E-state index >= 15 is 0 Å². The molecule has 6 aliphatic rings. The van der Waals surface area contributed by atoms with Crippen LogP contribution in [0.25, 0.3) is 20.3 Å². The van der Waals surface area contributed by atoms with E-state index < -0.39 is 20.9 Å². The number of nitro groups is 1. The SMILES string of the molecule is O=C(NS(=O)(=O)c1ccc(NCC2CCOCC2)c([N+](=O)[O-])c1)c1ccc(N2CCN(Cc3ccccc3-c3ccc(-c4nc(C56CC7CC(CC(C7)C5)C6)cs4)s3)CC2)cc1. The molecule has 2 aliphatic heterocycles. The van der Waals surface area contributed by atoms with Crippen molar-refractivity contribution in [3.05, 3.63) is 111 Å². The van der Waals surface area contributed by atoms with Crippen LogP contribution in [0.15, 0.2) is 89.1 Å². The summed E-state index contributed by atoms with van der Waals surface area (Å²) in [6.45, 7) is 6.00. The lowest BCUT2D eigenvalue weighted by Gasteiger charge is -2.56. The standard InChI is InChI=1S/C47H52N6O6S3/c54-45(50-62(57,58)38-9-10-40(41(24-38)53(55)56)48-28-31-13-19-59-20-14-31)35-5-7-37(8-6-35)52-17-15-51(16-18-52)29-36-3-1-2-4-39(36)42-11-12-43(61-42)46-49-44(30-60-46)47-25-32-21-33(26-47)23-34(22-32)27-47/h1-12,24,30-34,48H,13-23,25-29H2,(H,50,54). The minimum absolute atomic E-state index is 0.173. The Morgan fingerprint density at radius 3 is 2.29 bits per heavy atom. The molecule has 0 spiro atoms. The number of thiophene rings is 1. The van der Waals surface area contributed by atoms with Crippen LogP contribution in [0.5, 0.6) is 0 Å². The molecule has 324 valence electrons. The van der Waals surface area contributed by atoms with E-state index in [1.165, 1.54) is 77.2 Å². The van der Waals surface area contributed by atoms with Crippen LogP contribution in [-0.2, 0) is 26.7 Å². The molecular weight excluding hydrogens is 841 g/mol. The smallest absolute Gasteiger partial charge is 0.293 e. The Kier molecular flexibility index (Phi) is 11.4. The van der Waals surface area contributed by atoms with Crippen molar-refractivity contribution in [2.45, 2.75) is 68.2 Å². The molecule has 4 heterocycles. The lowest BCUT2D eigenvalue weighted by atomic mass is 9.49. The molecular formula is C47H52N6O6S3. The number of ether oxygens (including phenoxy) is 1. The molecule has 15 heteroatoms. The lowest BCUT2D eigenvalue weighted by molar-refractivity contribution is -0.384. The van der Waals surface area contributed by atoms with Gasteiger partial charge in [-0.2, -0.15) is 0 Å². The molecule has 6 fully saturated rings. The summed E-state index contributed by atoms with van der Waals surface area (Å²) in [6, 6.07) is 23.8. The molecule has 3 aromatic carbocycles. The van der Waals surface area contributed by atoms with Crippen LogP contribution in [0.2, 0.25) is 0 Å². The van der Waals surface area contributed by atoms with E-state index in [0.29, 0.717) is 31.1 Å². The summed E-state index contributed by atoms with van der Waals surface area (Å²) in [5.74, 6) is 2.22. The number of hydrogen-bond acceptors (Lipinski definition) is 12. The van der Waals surface area contributed by atoms with Gasteiger partial charge in [-0.05, 0) is 135 Å². The van der Waals surface area contributed by atoms with Gasteiger partial charge in [-0.25, -0.2) is 18.1 Å². The number of aromatic nitrogens is 1. The fraction of sp³-hybridized carbons (Fsp3) is 0.447. The molecule has 2 saturated heterocycles. The third-order valence-corrected chi connectivity index (χ3v) is 17.5. The van der Waals surface area contributed by atoms with Gasteiger partial charge in [0.05, 0.1) is 20.4 Å². The van der Waals surface area contributed by atoms with E-state index in [-0.39, 0.29) is 21.8 Å². The third kappa shape index (κ3) is 8.54. The number of carbonyl (C=O) groups is 1. The Morgan fingerprint density at radius 2 is 1.58 bits per heavy atom. The van der Waals surface area contributed by atoms with Gasteiger partial charge in [0.1, 0.15) is 10.7 Å². The first kappa shape index (κ1) is 41.3. The van der Waals surface area contributed by atoms with E-state index in [0.717, 1.165) is 80.1 Å². The largest absolute Gasteiger partial charge is 0.381 e. The second kappa shape index (κ2) is 17.1. The lowest BCUT2D eigenvalue weighted by Crippen LogP contribution is -2.48. The molecule has 12 nitrogen and oxygen atoms in total. The fourth-order valence-electron chi connectivity index (χ4n) is 11.2. The van der Waals surface area contributed by atoms with E-state index in [1.807, 2.05) is 34.8 Å². The third-order valence-electron chi connectivity index (χ3n) is 14.1. The molecule has 2 N–H and O–H groups in total. The van der Waals surface area contributed by atoms with Crippen LogP contribution in [0.1, 0.15) is 73.0 Å². The minimum atomic E-state index is -4.38. The molecule has 1 amide bonds. The highest BCUT2D eigenvalue weighted by Gasteiger charge is 2.52. The second-order valence-corrected chi connectivity index (χ2v) is 21.8. The van der Waals surface area contributed by atoms with Crippen LogP contribution in [-0.4, -0.2) is 75.1 Å². The zero-order chi connectivity index (χ0) is 42.4. The molecule has 4 saturated carbocycles. The maximum Gasteiger partial charge on any atom is 0.293 e. The van der Waals surface area contributed by atoms with Gasteiger partial charge in [0.25, 0.3) is 21.6 Å².